The molecule has 0 aromatic rings. The molecule has 2 rings (SSSR count). The first kappa shape index (κ1) is 19.8. The van der Waals surface area contributed by atoms with E-state index in [-0.39, 0.29) is 12.1 Å². The molecule has 0 saturated heterocycles. The minimum absolute atomic E-state index is 0.292. The standard InChI is InChI=1S/C20H33NO4/c1-20(2,3)25-19(23)21-13-17-15-11-10-14(12-15)16(17)8-6-5-7-9-18(22)24-4/h7,9,14-17H,5-6,8,10-13H2,1-4H3,(H,21,23)/t14-,15+,16-,17-/m0/s1. The zero-order valence-electron chi connectivity index (χ0n) is 16.0. The van der Waals surface area contributed by atoms with Crippen LogP contribution in [0.1, 0.15) is 59.3 Å². The lowest BCUT2D eigenvalue weighted by Crippen LogP contribution is -2.38. The molecule has 0 unspecified atom stereocenters. The van der Waals surface area contributed by atoms with Gasteiger partial charge < -0.3 is 14.8 Å². The van der Waals surface area contributed by atoms with Gasteiger partial charge in [0.15, 0.2) is 0 Å². The Bertz CT molecular complexity index is 494. The highest BCUT2D eigenvalue weighted by Gasteiger charge is 2.46. The van der Waals surface area contributed by atoms with Gasteiger partial charge in [0.05, 0.1) is 7.11 Å². The van der Waals surface area contributed by atoms with Crippen molar-refractivity contribution in [1.29, 1.82) is 0 Å². The third-order valence-electron chi connectivity index (χ3n) is 5.52. The smallest absolute Gasteiger partial charge is 0.407 e. The van der Waals surface area contributed by atoms with Gasteiger partial charge in [-0.2, -0.15) is 0 Å². The lowest BCUT2D eigenvalue weighted by Gasteiger charge is -2.31. The summed E-state index contributed by atoms with van der Waals surface area (Å²) in [7, 11) is 1.39. The minimum Gasteiger partial charge on any atom is -0.466 e. The zero-order chi connectivity index (χ0) is 18.4. The number of rotatable bonds is 7. The lowest BCUT2D eigenvalue weighted by molar-refractivity contribution is -0.134. The van der Waals surface area contributed by atoms with Gasteiger partial charge in [-0.1, -0.05) is 6.08 Å². The molecular weight excluding hydrogens is 318 g/mol. The summed E-state index contributed by atoms with van der Waals surface area (Å²) in [6.07, 6.45) is 10.2. The van der Waals surface area contributed by atoms with E-state index >= 15 is 0 Å². The Morgan fingerprint density at radius 2 is 1.84 bits per heavy atom. The van der Waals surface area contributed by atoms with Gasteiger partial charge >= 0.3 is 12.1 Å². The number of amides is 1. The van der Waals surface area contributed by atoms with Crippen LogP contribution in [0.2, 0.25) is 0 Å². The second kappa shape index (κ2) is 8.72. The summed E-state index contributed by atoms with van der Waals surface area (Å²) in [6.45, 7) is 6.37. The number of unbranched alkanes of at least 4 members (excludes halogenated alkanes) is 1. The molecule has 2 aliphatic carbocycles. The van der Waals surface area contributed by atoms with Crippen LogP contribution < -0.4 is 5.32 Å². The summed E-state index contributed by atoms with van der Waals surface area (Å²) >= 11 is 0. The van der Waals surface area contributed by atoms with Gasteiger partial charge in [0.2, 0.25) is 0 Å². The molecule has 5 nitrogen and oxygen atoms in total. The highest BCUT2D eigenvalue weighted by Crippen LogP contribution is 2.53. The number of nitrogens with one attached hydrogen (secondary N) is 1. The molecular formula is C20H33NO4. The van der Waals surface area contributed by atoms with E-state index in [0.29, 0.717) is 11.8 Å². The van der Waals surface area contributed by atoms with Gasteiger partial charge in [0.1, 0.15) is 5.60 Å². The molecule has 142 valence electrons. The number of hydrogen-bond acceptors (Lipinski definition) is 4. The van der Waals surface area contributed by atoms with E-state index in [1.54, 1.807) is 0 Å². The van der Waals surface area contributed by atoms with Crippen LogP contribution in [0.15, 0.2) is 12.2 Å². The van der Waals surface area contributed by atoms with Gasteiger partial charge in [0, 0.05) is 12.6 Å². The fourth-order valence-electron chi connectivity index (χ4n) is 4.53. The average molecular weight is 351 g/mol. The molecule has 25 heavy (non-hydrogen) atoms. The van der Waals surface area contributed by atoms with Crippen molar-refractivity contribution in [2.75, 3.05) is 13.7 Å². The van der Waals surface area contributed by atoms with Gasteiger partial charge in [-0.05, 0) is 83.0 Å². The fraction of sp³-hybridized carbons (Fsp3) is 0.800. The van der Waals surface area contributed by atoms with Crippen molar-refractivity contribution in [3.63, 3.8) is 0 Å². The molecule has 0 aromatic carbocycles. The van der Waals surface area contributed by atoms with Crippen LogP contribution in [0, 0.1) is 23.7 Å². The number of carbonyl (C=O) groups excluding carboxylic acids is 2. The van der Waals surface area contributed by atoms with Crippen molar-refractivity contribution in [3.05, 3.63) is 12.2 Å². The number of fused-ring (bicyclic) bond motifs is 2. The Balaban J connectivity index is 1.77. The quantitative estimate of drug-likeness (QED) is 0.426. The molecule has 5 heteroatoms. The Labute approximate surface area is 151 Å². The molecule has 0 radical (unpaired) electrons. The van der Waals surface area contributed by atoms with Crippen LogP contribution >= 0.6 is 0 Å². The minimum atomic E-state index is -0.454. The number of alkyl carbamates (subject to hydrolysis) is 1. The second-order valence-electron chi connectivity index (χ2n) is 8.40. The summed E-state index contributed by atoms with van der Waals surface area (Å²) in [5.41, 5.74) is -0.454. The fourth-order valence-corrected chi connectivity index (χ4v) is 4.53. The molecule has 1 N–H and O–H groups in total. The average Bonchev–Trinajstić information content (AvgIpc) is 3.12. The van der Waals surface area contributed by atoms with E-state index in [1.165, 1.54) is 32.4 Å². The van der Waals surface area contributed by atoms with Gasteiger partial charge in [-0.25, -0.2) is 9.59 Å². The molecule has 1 amide bonds. The van der Waals surface area contributed by atoms with Crippen LogP contribution in [-0.4, -0.2) is 31.3 Å². The maximum atomic E-state index is 11.9. The maximum absolute atomic E-state index is 11.9. The number of hydrogen-bond donors (Lipinski definition) is 1. The van der Waals surface area contributed by atoms with Crippen molar-refractivity contribution in [3.8, 4) is 0 Å². The van der Waals surface area contributed by atoms with Crippen molar-refractivity contribution in [2.45, 2.75) is 64.9 Å². The summed E-state index contributed by atoms with van der Waals surface area (Å²) < 4.78 is 9.95. The van der Waals surface area contributed by atoms with Crippen LogP contribution in [0.4, 0.5) is 4.79 Å². The SMILES string of the molecule is COC(=O)C=CCCC[C@H]1[C@H]2CC[C@H](C2)[C@@H]1CNC(=O)OC(C)(C)C. The third-order valence-corrected chi connectivity index (χ3v) is 5.52. The topological polar surface area (TPSA) is 64.6 Å². The molecule has 2 bridgehead atoms. The van der Waals surface area contributed by atoms with Crippen LogP contribution in [0.3, 0.4) is 0 Å². The molecule has 2 saturated carbocycles. The monoisotopic (exact) mass is 351 g/mol. The van der Waals surface area contributed by atoms with E-state index in [4.69, 9.17) is 4.74 Å². The largest absolute Gasteiger partial charge is 0.466 e. The van der Waals surface area contributed by atoms with E-state index in [9.17, 15) is 9.59 Å². The van der Waals surface area contributed by atoms with E-state index in [0.717, 1.165) is 37.6 Å². The van der Waals surface area contributed by atoms with Gasteiger partial charge in [0.25, 0.3) is 0 Å². The maximum Gasteiger partial charge on any atom is 0.407 e. The van der Waals surface area contributed by atoms with E-state index in [1.807, 2.05) is 26.8 Å². The summed E-state index contributed by atoms with van der Waals surface area (Å²) in [6, 6.07) is 0. The Morgan fingerprint density at radius 3 is 2.48 bits per heavy atom. The summed E-state index contributed by atoms with van der Waals surface area (Å²) in [5, 5.41) is 2.98. The van der Waals surface area contributed by atoms with Gasteiger partial charge in [-0.3, -0.25) is 0 Å². The van der Waals surface area contributed by atoms with Gasteiger partial charge in [-0.15, -0.1) is 0 Å². The Kier molecular flexibility index (Phi) is 6.91. The molecule has 0 spiro atoms. The summed E-state index contributed by atoms with van der Waals surface area (Å²) in [4.78, 5) is 23.0. The third kappa shape index (κ3) is 6.05. The molecule has 4 atom stereocenters. The Morgan fingerprint density at radius 1 is 1.16 bits per heavy atom. The summed E-state index contributed by atoms with van der Waals surface area (Å²) in [5.74, 6) is 2.51. The molecule has 2 aliphatic rings. The number of allylic oxidation sites excluding steroid dienone is 1. The number of ether oxygens (including phenoxy) is 2. The first-order valence-corrected chi connectivity index (χ1v) is 9.51. The van der Waals surface area contributed by atoms with Crippen molar-refractivity contribution >= 4 is 12.1 Å². The number of methoxy groups -OCH3 is 1. The first-order chi connectivity index (χ1) is 11.8. The van der Waals surface area contributed by atoms with Crippen molar-refractivity contribution in [1.82, 2.24) is 5.32 Å². The van der Waals surface area contributed by atoms with Crippen LogP contribution in [0.25, 0.3) is 0 Å². The van der Waals surface area contributed by atoms with E-state index < -0.39 is 5.60 Å². The predicted octanol–water partition coefficient (Wildman–Crippen LogP) is 4.07. The van der Waals surface area contributed by atoms with Crippen LogP contribution in [-0.2, 0) is 14.3 Å². The zero-order valence-corrected chi connectivity index (χ0v) is 16.0. The van der Waals surface area contributed by atoms with Crippen molar-refractivity contribution in [2.24, 2.45) is 23.7 Å². The number of esters is 1. The molecule has 0 aliphatic heterocycles. The highest BCUT2D eigenvalue weighted by molar-refractivity contribution is 5.81. The predicted molar refractivity (Wildman–Crippen MR) is 97.1 cm³/mol. The Hall–Kier alpha value is -1.52. The molecule has 0 aromatic heterocycles. The normalized spacial score (nSPS) is 28.3. The molecule has 2 fully saturated rings. The first-order valence-electron chi connectivity index (χ1n) is 9.51. The lowest BCUT2D eigenvalue weighted by atomic mass is 9.76. The second-order valence-corrected chi connectivity index (χ2v) is 8.40. The van der Waals surface area contributed by atoms with Crippen molar-refractivity contribution < 1.29 is 19.1 Å². The van der Waals surface area contributed by atoms with Crippen LogP contribution in [0.5, 0.6) is 0 Å². The highest BCUT2D eigenvalue weighted by atomic mass is 16.6. The molecule has 0 heterocycles. The number of carbonyl (C=O) groups is 2. The van der Waals surface area contributed by atoms with E-state index in [2.05, 4.69) is 10.1 Å².